The maximum atomic E-state index is 12.4. The van der Waals surface area contributed by atoms with Crippen LogP contribution in [-0.2, 0) is 11.2 Å². The molecule has 2 amide bonds. The van der Waals surface area contributed by atoms with E-state index in [9.17, 15) is 9.59 Å². The minimum atomic E-state index is -0.259. The molecule has 0 fully saturated rings. The zero-order chi connectivity index (χ0) is 18.5. The summed E-state index contributed by atoms with van der Waals surface area (Å²) in [4.78, 5) is 26.3. The molecule has 6 heteroatoms. The van der Waals surface area contributed by atoms with Crippen LogP contribution in [0, 0.1) is 0 Å². The van der Waals surface area contributed by atoms with Crippen LogP contribution in [0.4, 0.5) is 5.69 Å². The molecule has 1 aliphatic heterocycles. The number of ether oxygens (including phenoxy) is 2. The van der Waals surface area contributed by atoms with E-state index in [1.807, 2.05) is 17.9 Å². The van der Waals surface area contributed by atoms with Gasteiger partial charge in [0.15, 0.2) is 6.61 Å². The molecule has 1 aliphatic rings. The smallest absolute Gasteiger partial charge is 0.262 e. The lowest BCUT2D eigenvalue weighted by molar-refractivity contribution is -0.118. The monoisotopic (exact) mass is 354 g/mol. The lowest BCUT2D eigenvalue weighted by Crippen LogP contribution is -2.37. The van der Waals surface area contributed by atoms with Crippen LogP contribution in [0.3, 0.4) is 0 Å². The molecule has 0 saturated heterocycles. The zero-order valence-electron chi connectivity index (χ0n) is 15.0. The Hall–Kier alpha value is -3.02. The minimum Gasteiger partial charge on any atom is -0.497 e. The summed E-state index contributed by atoms with van der Waals surface area (Å²) in [5.41, 5.74) is 2.20. The Bertz CT molecular complexity index is 802. The van der Waals surface area contributed by atoms with Gasteiger partial charge in [-0.3, -0.25) is 9.59 Å². The first-order valence-corrected chi connectivity index (χ1v) is 8.60. The van der Waals surface area contributed by atoms with Crippen molar-refractivity contribution in [2.45, 2.75) is 13.3 Å². The highest BCUT2D eigenvalue weighted by Crippen LogP contribution is 2.28. The molecule has 0 radical (unpaired) electrons. The Morgan fingerprint density at radius 3 is 2.65 bits per heavy atom. The van der Waals surface area contributed by atoms with E-state index in [4.69, 9.17) is 9.47 Å². The summed E-state index contributed by atoms with van der Waals surface area (Å²) in [6.07, 6.45) is 0.727. The molecular formula is C20H22N2O4. The second kappa shape index (κ2) is 7.91. The summed E-state index contributed by atoms with van der Waals surface area (Å²) < 4.78 is 10.8. The number of hydrogen-bond donors (Lipinski definition) is 1. The van der Waals surface area contributed by atoms with Crippen LogP contribution in [0.15, 0.2) is 42.5 Å². The van der Waals surface area contributed by atoms with Gasteiger partial charge in [0.05, 0.1) is 7.11 Å². The van der Waals surface area contributed by atoms with E-state index in [2.05, 4.69) is 5.32 Å². The Morgan fingerprint density at radius 1 is 1.19 bits per heavy atom. The van der Waals surface area contributed by atoms with Crippen LogP contribution < -0.4 is 14.8 Å². The van der Waals surface area contributed by atoms with Crippen molar-refractivity contribution in [1.82, 2.24) is 4.90 Å². The topological polar surface area (TPSA) is 67.9 Å². The molecule has 0 aliphatic carbocycles. The fourth-order valence-electron chi connectivity index (χ4n) is 2.99. The van der Waals surface area contributed by atoms with Gasteiger partial charge in [0, 0.05) is 29.9 Å². The highest BCUT2D eigenvalue weighted by molar-refractivity contribution is 5.97. The van der Waals surface area contributed by atoms with Gasteiger partial charge in [-0.15, -0.1) is 0 Å². The number of methoxy groups -OCH3 is 1. The molecule has 0 saturated carbocycles. The third-order valence-electron chi connectivity index (χ3n) is 4.40. The van der Waals surface area contributed by atoms with Gasteiger partial charge in [-0.1, -0.05) is 6.07 Å². The van der Waals surface area contributed by atoms with E-state index in [0.29, 0.717) is 30.1 Å². The SMILES string of the molecule is CCN1CCc2c(OCC(=O)Nc3ccc(OC)cc3)cccc2C1=O. The molecule has 1 N–H and O–H groups in total. The van der Waals surface area contributed by atoms with Gasteiger partial charge in [0.25, 0.3) is 11.8 Å². The molecule has 26 heavy (non-hydrogen) atoms. The number of carbonyl (C=O) groups is 2. The third kappa shape index (κ3) is 3.79. The van der Waals surface area contributed by atoms with Crippen LogP contribution in [0.2, 0.25) is 0 Å². The van der Waals surface area contributed by atoms with Gasteiger partial charge in [-0.05, 0) is 49.7 Å². The number of fused-ring (bicyclic) bond motifs is 1. The first-order valence-electron chi connectivity index (χ1n) is 8.60. The molecule has 6 nitrogen and oxygen atoms in total. The minimum absolute atomic E-state index is 0.0156. The summed E-state index contributed by atoms with van der Waals surface area (Å²) in [5, 5.41) is 2.77. The van der Waals surface area contributed by atoms with Gasteiger partial charge in [0.1, 0.15) is 11.5 Å². The fraction of sp³-hybridized carbons (Fsp3) is 0.300. The Labute approximate surface area is 152 Å². The summed E-state index contributed by atoms with van der Waals surface area (Å²) in [7, 11) is 1.59. The molecule has 3 rings (SSSR count). The lowest BCUT2D eigenvalue weighted by Gasteiger charge is -2.28. The number of likely N-dealkylation sites (N-methyl/N-ethyl adjacent to an activating group) is 1. The third-order valence-corrected chi connectivity index (χ3v) is 4.40. The number of hydrogen-bond acceptors (Lipinski definition) is 4. The standard InChI is InChI=1S/C20H22N2O4/c1-3-22-12-11-16-17(20(22)24)5-4-6-18(16)26-13-19(23)21-14-7-9-15(25-2)10-8-14/h4-10H,3,11-13H2,1-2H3,(H,21,23). The Balaban J connectivity index is 1.64. The normalized spacial score (nSPS) is 13.2. The van der Waals surface area contributed by atoms with Crippen molar-refractivity contribution >= 4 is 17.5 Å². The molecule has 1 heterocycles. The number of benzene rings is 2. The lowest BCUT2D eigenvalue weighted by atomic mass is 9.98. The average molecular weight is 354 g/mol. The Morgan fingerprint density at radius 2 is 1.96 bits per heavy atom. The summed E-state index contributed by atoms with van der Waals surface area (Å²) in [6, 6.07) is 12.5. The van der Waals surface area contributed by atoms with Gasteiger partial charge in [-0.25, -0.2) is 0 Å². The van der Waals surface area contributed by atoms with E-state index < -0.39 is 0 Å². The molecule has 0 unspecified atom stereocenters. The second-order valence-corrected chi connectivity index (χ2v) is 5.98. The number of carbonyl (C=O) groups excluding carboxylic acids is 2. The molecule has 2 aromatic carbocycles. The first-order chi connectivity index (χ1) is 12.6. The van der Waals surface area contributed by atoms with Crippen molar-refractivity contribution < 1.29 is 19.1 Å². The van der Waals surface area contributed by atoms with Gasteiger partial charge in [0.2, 0.25) is 0 Å². The average Bonchev–Trinajstić information content (AvgIpc) is 2.67. The number of rotatable bonds is 6. The summed E-state index contributed by atoms with van der Waals surface area (Å²) >= 11 is 0. The van der Waals surface area contributed by atoms with E-state index in [-0.39, 0.29) is 18.4 Å². The highest BCUT2D eigenvalue weighted by Gasteiger charge is 2.25. The van der Waals surface area contributed by atoms with Gasteiger partial charge < -0.3 is 19.7 Å². The molecule has 2 aromatic rings. The molecule has 0 atom stereocenters. The van der Waals surface area contributed by atoms with Crippen LogP contribution in [-0.4, -0.2) is 43.5 Å². The number of amides is 2. The van der Waals surface area contributed by atoms with Crippen molar-refractivity contribution in [3.63, 3.8) is 0 Å². The molecule has 136 valence electrons. The largest absolute Gasteiger partial charge is 0.497 e. The highest BCUT2D eigenvalue weighted by atomic mass is 16.5. The van der Waals surface area contributed by atoms with E-state index >= 15 is 0 Å². The van der Waals surface area contributed by atoms with Gasteiger partial charge >= 0.3 is 0 Å². The zero-order valence-corrected chi connectivity index (χ0v) is 15.0. The van der Waals surface area contributed by atoms with Crippen molar-refractivity contribution in [2.24, 2.45) is 0 Å². The predicted octanol–water partition coefficient (Wildman–Crippen LogP) is 2.73. The van der Waals surface area contributed by atoms with Crippen molar-refractivity contribution in [3.05, 3.63) is 53.6 Å². The fourth-order valence-corrected chi connectivity index (χ4v) is 2.99. The van der Waals surface area contributed by atoms with E-state index in [0.717, 1.165) is 17.7 Å². The van der Waals surface area contributed by atoms with Crippen LogP contribution in [0.5, 0.6) is 11.5 Å². The van der Waals surface area contributed by atoms with Crippen molar-refractivity contribution in [2.75, 3.05) is 32.1 Å². The Kier molecular flexibility index (Phi) is 5.41. The maximum Gasteiger partial charge on any atom is 0.262 e. The molecular weight excluding hydrogens is 332 g/mol. The summed E-state index contributed by atoms with van der Waals surface area (Å²) in [5.74, 6) is 1.07. The van der Waals surface area contributed by atoms with Gasteiger partial charge in [-0.2, -0.15) is 0 Å². The number of nitrogens with one attached hydrogen (secondary N) is 1. The summed E-state index contributed by atoms with van der Waals surface area (Å²) in [6.45, 7) is 3.20. The predicted molar refractivity (Wildman–Crippen MR) is 98.8 cm³/mol. The number of nitrogens with zero attached hydrogens (tertiary/aromatic N) is 1. The van der Waals surface area contributed by atoms with Crippen LogP contribution in [0.1, 0.15) is 22.8 Å². The number of anilines is 1. The first kappa shape index (κ1) is 17.8. The van der Waals surface area contributed by atoms with E-state index in [1.165, 1.54) is 0 Å². The van der Waals surface area contributed by atoms with E-state index in [1.54, 1.807) is 43.5 Å². The maximum absolute atomic E-state index is 12.4. The van der Waals surface area contributed by atoms with Crippen LogP contribution >= 0.6 is 0 Å². The van der Waals surface area contributed by atoms with Crippen molar-refractivity contribution in [1.29, 1.82) is 0 Å². The molecule has 0 spiro atoms. The molecule has 0 bridgehead atoms. The quantitative estimate of drug-likeness (QED) is 0.866. The van der Waals surface area contributed by atoms with Crippen LogP contribution in [0.25, 0.3) is 0 Å². The second-order valence-electron chi connectivity index (χ2n) is 5.98. The van der Waals surface area contributed by atoms with Crippen molar-refractivity contribution in [3.8, 4) is 11.5 Å². The molecule has 0 aromatic heterocycles.